The summed E-state index contributed by atoms with van der Waals surface area (Å²) >= 11 is 12.0. The van der Waals surface area contributed by atoms with Crippen molar-refractivity contribution in [1.82, 2.24) is 5.32 Å². The number of benzene rings is 2. The summed E-state index contributed by atoms with van der Waals surface area (Å²) < 4.78 is 5.50. The maximum atomic E-state index is 12.5. The summed E-state index contributed by atoms with van der Waals surface area (Å²) in [4.78, 5) is 25.0. The monoisotopic (exact) mass is 392 g/mol. The molecule has 7 heteroatoms. The van der Waals surface area contributed by atoms with E-state index in [9.17, 15) is 9.59 Å². The fourth-order valence-corrected chi connectivity index (χ4v) is 3.13. The number of carbonyl (C=O) groups excluding carboxylic acids is 2. The predicted molar refractivity (Wildman–Crippen MR) is 102 cm³/mol. The average molecular weight is 393 g/mol. The molecule has 1 aliphatic heterocycles. The van der Waals surface area contributed by atoms with Gasteiger partial charge in [0.05, 0.1) is 27.9 Å². The highest BCUT2D eigenvalue weighted by Gasteiger charge is 2.19. The van der Waals surface area contributed by atoms with Gasteiger partial charge in [-0.3, -0.25) is 9.59 Å². The summed E-state index contributed by atoms with van der Waals surface area (Å²) in [5, 5.41) is 6.27. The molecule has 0 radical (unpaired) electrons. The van der Waals surface area contributed by atoms with Gasteiger partial charge < -0.3 is 15.4 Å². The van der Waals surface area contributed by atoms with Gasteiger partial charge in [0.25, 0.3) is 11.8 Å². The van der Waals surface area contributed by atoms with Gasteiger partial charge in [-0.05, 0) is 43.2 Å². The number of carbonyl (C=O) groups is 2. The molecule has 0 aromatic heterocycles. The van der Waals surface area contributed by atoms with Crippen molar-refractivity contribution in [3.63, 3.8) is 0 Å². The van der Waals surface area contributed by atoms with Crippen LogP contribution >= 0.6 is 23.2 Å². The van der Waals surface area contributed by atoms with E-state index in [4.69, 9.17) is 27.9 Å². The third-order valence-electron chi connectivity index (χ3n) is 4.11. The molecule has 2 aromatic carbocycles. The predicted octanol–water partition coefficient (Wildman–Crippen LogP) is 4.15. The van der Waals surface area contributed by atoms with Gasteiger partial charge in [0.15, 0.2) is 0 Å². The summed E-state index contributed by atoms with van der Waals surface area (Å²) in [6.45, 7) is 1.18. The summed E-state index contributed by atoms with van der Waals surface area (Å²) in [5.41, 5.74) is 1.02. The van der Waals surface area contributed by atoms with Crippen LogP contribution in [0, 0.1) is 0 Å². The van der Waals surface area contributed by atoms with Crippen LogP contribution in [-0.4, -0.2) is 31.1 Å². The molecule has 2 amide bonds. The molecule has 0 saturated carbocycles. The summed E-state index contributed by atoms with van der Waals surface area (Å²) in [6.07, 6.45) is 1.99. The highest BCUT2D eigenvalue weighted by atomic mass is 35.5. The maximum Gasteiger partial charge on any atom is 0.257 e. The first-order chi connectivity index (χ1) is 12.5. The van der Waals surface area contributed by atoms with E-state index in [1.54, 1.807) is 36.4 Å². The van der Waals surface area contributed by atoms with Crippen molar-refractivity contribution in [2.75, 3.05) is 18.5 Å². The Morgan fingerprint density at radius 2 is 1.88 bits per heavy atom. The van der Waals surface area contributed by atoms with Crippen LogP contribution in [0.25, 0.3) is 0 Å². The van der Waals surface area contributed by atoms with Crippen molar-refractivity contribution in [2.45, 2.75) is 18.9 Å². The minimum Gasteiger partial charge on any atom is -0.376 e. The van der Waals surface area contributed by atoms with Gasteiger partial charge in [0.2, 0.25) is 0 Å². The number of hydrogen-bond acceptors (Lipinski definition) is 3. The Bertz CT molecular complexity index is 820. The molecule has 0 spiro atoms. The Labute approximate surface area is 161 Å². The lowest BCUT2D eigenvalue weighted by molar-refractivity contribution is 0.0858. The molecule has 2 aromatic rings. The van der Waals surface area contributed by atoms with Gasteiger partial charge >= 0.3 is 0 Å². The molecule has 5 nitrogen and oxygen atoms in total. The highest BCUT2D eigenvalue weighted by Crippen LogP contribution is 2.23. The van der Waals surface area contributed by atoms with Crippen molar-refractivity contribution >= 4 is 40.7 Å². The third-order valence-corrected chi connectivity index (χ3v) is 4.67. The maximum absolute atomic E-state index is 12.5. The SMILES string of the molecule is O=C(Nc1ccccc1C(=O)NCC1CCCO1)c1cc(Cl)ccc1Cl. The van der Waals surface area contributed by atoms with E-state index < -0.39 is 5.91 Å². The molecular weight excluding hydrogens is 375 g/mol. The molecule has 0 bridgehead atoms. The molecule has 26 heavy (non-hydrogen) atoms. The summed E-state index contributed by atoms with van der Waals surface area (Å²) in [7, 11) is 0. The van der Waals surface area contributed by atoms with Gasteiger partial charge in [-0.15, -0.1) is 0 Å². The minimum atomic E-state index is -0.433. The van der Waals surface area contributed by atoms with Crippen LogP contribution in [-0.2, 0) is 4.74 Å². The molecule has 1 atom stereocenters. The molecule has 0 aliphatic carbocycles. The second-order valence-electron chi connectivity index (χ2n) is 5.97. The topological polar surface area (TPSA) is 67.4 Å². The Morgan fingerprint density at radius 1 is 1.08 bits per heavy atom. The fraction of sp³-hybridized carbons (Fsp3) is 0.263. The van der Waals surface area contributed by atoms with Gasteiger partial charge in [0.1, 0.15) is 0 Å². The molecule has 1 unspecified atom stereocenters. The van der Waals surface area contributed by atoms with E-state index in [0.29, 0.717) is 22.8 Å². The minimum absolute atomic E-state index is 0.0472. The number of ether oxygens (including phenoxy) is 1. The smallest absolute Gasteiger partial charge is 0.257 e. The lowest BCUT2D eigenvalue weighted by Crippen LogP contribution is -2.32. The average Bonchev–Trinajstić information content (AvgIpc) is 3.15. The van der Waals surface area contributed by atoms with Crippen molar-refractivity contribution in [3.8, 4) is 0 Å². The lowest BCUT2D eigenvalue weighted by Gasteiger charge is -2.14. The highest BCUT2D eigenvalue weighted by molar-refractivity contribution is 6.36. The zero-order valence-electron chi connectivity index (χ0n) is 13.9. The van der Waals surface area contributed by atoms with Crippen LogP contribution in [0.3, 0.4) is 0 Å². The van der Waals surface area contributed by atoms with Gasteiger partial charge in [-0.2, -0.15) is 0 Å². The Balaban J connectivity index is 1.73. The van der Waals surface area contributed by atoms with Crippen molar-refractivity contribution in [2.24, 2.45) is 0 Å². The number of halogens is 2. The molecule has 3 rings (SSSR count). The van der Waals surface area contributed by atoms with Gasteiger partial charge in [-0.25, -0.2) is 0 Å². The third kappa shape index (κ3) is 4.55. The van der Waals surface area contributed by atoms with E-state index in [2.05, 4.69) is 10.6 Å². The van der Waals surface area contributed by atoms with E-state index in [1.807, 2.05) is 0 Å². The second kappa shape index (κ2) is 8.54. The first-order valence-corrected chi connectivity index (χ1v) is 9.05. The molecule has 136 valence electrons. The van der Waals surface area contributed by atoms with Crippen LogP contribution in [0.15, 0.2) is 42.5 Å². The van der Waals surface area contributed by atoms with Gasteiger partial charge in [-0.1, -0.05) is 35.3 Å². The fourth-order valence-electron chi connectivity index (χ4n) is 2.76. The van der Waals surface area contributed by atoms with Crippen molar-refractivity contribution in [3.05, 3.63) is 63.6 Å². The summed E-state index contributed by atoms with van der Waals surface area (Å²) in [5.74, 6) is -0.703. The Kier molecular flexibility index (Phi) is 6.14. The molecule has 1 heterocycles. The normalized spacial score (nSPS) is 16.3. The lowest BCUT2D eigenvalue weighted by atomic mass is 10.1. The van der Waals surface area contributed by atoms with E-state index in [1.165, 1.54) is 6.07 Å². The number of hydrogen-bond donors (Lipinski definition) is 2. The second-order valence-corrected chi connectivity index (χ2v) is 6.81. The van der Waals surface area contributed by atoms with Crippen LogP contribution in [0.1, 0.15) is 33.6 Å². The van der Waals surface area contributed by atoms with E-state index in [0.717, 1.165) is 19.4 Å². The Hall–Kier alpha value is -2.08. The zero-order chi connectivity index (χ0) is 18.5. The standard InChI is InChI=1S/C19H18Cl2N2O3/c20-12-7-8-16(21)15(10-12)19(25)23-17-6-2-1-5-14(17)18(24)22-11-13-4-3-9-26-13/h1-2,5-8,10,13H,3-4,9,11H2,(H,22,24)(H,23,25). The quantitative estimate of drug-likeness (QED) is 0.802. The Morgan fingerprint density at radius 3 is 2.65 bits per heavy atom. The first kappa shape index (κ1) is 18.7. The van der Waals surface area contributed by atoms with Crippen LogP contribution in [0.4, 0.5) is 5.69 Å². The van der Waals surface area contributed by atoms with Crippen molar-refractivity contribution < 1.29 is 14.3 Å². The summed E-state index contributed by atoms with van der Waals surface area (Å²) in [6, 6.07) is 11.4. The van der Waals surface area contributed by atoms with E-state index >= 15 is 0 Å². The molecule has 1 fully saturated rings. The number of nitrogens with one attached hydrogen (secondary N) is 2. The molecular formula is C19H18Cl2N2O3. The van der Waals surface area contributed by atoms with Gasteiger partial charge in [0, 0.05) is 18.2 Å². The number of anilines is 1. The van der Waals surface area contributed by atoms with E-state index in [-0.39, 0.29) is 22.6 Å². The first-order valence-electron chi connectivity index (χ1n) is 8.30. The number of amides is 2. The molecule has 1 aliphatic rings. The largest absolute Gasteiger partial charge is 0.376 e. The van der Waals surface area contributed by atoms with Crippen LogP contribution in [0.5, 0.6) is 0 Å². The van der Waals surface area contributed by atoms with Crippen LogP contribution in [0.2, 0.25) is 10.0 Å². The molecule has 1 saturated heterocycles. The van der Waals surface area contributed by atoms with Crippen molar-refractivity contribution in [1.29, 1.82) is 0 Å². The number of rotatable bonds is 5. The number of para-hydroxylation sites is 1. The molecule has 2 N–H and O–H groups in total. The zero-order valence-corrected chi connectivity index (χ0v) is 15.4. The van der Waals surface area contributed by atoms with Crippen LogP contribution < -0.4 is 10.6 Å².